The highest BCUT2D eigenvalue weighted by molar-refractivity contribution is 5.93. The van der Waals surface area contributed by atoms with Gasteiger partial charge in [-0.1, -0.05) is 33.1 Å². The molecular weight excluding hydrogens is 362 g/mol. The van der Waals surface area contributed by atoms with Crippen LogP contribution in [0, 0.1) is 5.92 Å². The second-order valence-electron chi connectivity index (χ2n) is 9.08. The number of hydrogen-bond donors (Lipinski definition) is 1. The fourth-order valence-electron chi connectivity index (χ4n) is 4.98. The minimum atomic E-state index is 0.0486. The summed E-state index contributed by atoms with van der Waals surface area (Å²) in [4.78, 5) is 17.0. The number of hydrogen-bond acceptors (Lipinski definition) is 4. The summed E-state index contributed by atoms with van der Waals surface area (Å²) in [6.45, 7) is 9.72. The first-order valence-corrected chi connectivity index (χ1v) is 11.8. The van der Waals surface area contributed by atoms with Gasteiger partial charge in [-0.3, -0.25) is 9.48 Å². The van der Waals surface area contributed by atoms with Gasteiger partial charge in [-0.05, 0) is 51.1 Å². The monoisotopic (exact) mass is 403 g/mol. The molecule has 1 aromatic heterocycles. The molecule has 0 aliphatic heterocycles. The van der Waals surface area contributed by atoms with Gasteiger partial charge in [0.25, 0.3) is 5.91 Å². The molecular formula is C23H41N5O. The number of aromatic nitrogens is 2. The van der Waals surface area contributed by atoms with Gasteiger partial charge in [-0.25, -0.2) is 0 Å². The molecule has 1 N–H and O–H groups in total. The maximum absolute atomic E-state index is 12.8. The third kappa shape index (κ3) is 5.60. The average Bonchev–Trinajstić information content (AvgIpc) is 3.09. The van der Waals surface area contributed by atoms with Crippen molar-refractivity contribution in [2.45, 2.75) is 77.8 Å². The zero-order valence-corrected chi connectivity index (χ0v) is 19.0. The van der Waals surface area contributed by atoms with Gasteiger partial charge in [0, 0.05) is 51.0 Å². The van der Waals surface area contributed by atoms with E-state index in [-0.39, 0.29) is 5.91 Å². The van der Waals surface area contributed by atoms with Gasteiger partial charge in [0.1, 0.15) is 0 Å². The van der Waals surface area contributed by atoms with Gasteiger partial charge in [0.2, 0.25) is 0 Å². The van der Waals surface area contributed by atoms with Gasteiger partial charge in [0.05, 0.1) is 0 Å². The summed E-state index contributed by atoms with van der Waals surface area (Å²) in [5, 5.41) is 8.61. The maximum Gasteiger partial charge on any atom is 0.274 e. The standard InChI is InChI=1S/C23H41N5O/c1-5-27(6-2)15-14-24-19-12-13-21-20(16-19)22(23(29)26(3)4)25-28(21)17-18-10-8-7-9-11-18/h18-19,24H,5-17H2,1-4H3. The molecule has 1 aromatic rings. The van der Waals surface area contributed by atoms with E-state index in [2.05, 4.69) is 28.7 Å². The van der Waals surface area contributed by atoms with Crippen molar-refractivity contribution < 1.29 is 4.79 Å². The molecule has 1 heterocycles. The molecule has 1 fully saturated rings. The molecule has 1 saturated carbocycles. The van der Waals surface area contributed by atoms with E-state index in [1.807, 2.05) is 14.1 Å². The quantitative estimate of drug-likeness (QED) is 0.689. The summed E-state index contributed by atoms with van der Waals surface area (Å²) in [7, 11) is 3.66. The number of likely N-dealkylation sites (N-methyl/N-ethyl adjacent to an activating group) is 1. The molecule has 1 atom stereocenters. The van der Waals surface area contributed by atoms with Crippen molar-refractivity contribution in [2.75, 3.05) is 40.3 Å². The Kier molecular flexibility index (Phi) is 8.13. The lowest BCUT2D eigenvalue weighted by atomic mass is 9.88. The van der Waals surface area contributed by atoms with Crippen LogP contribution in [0.2, 0.25) is 0 Å². The molecule has 0 radical (unpaired) electrons. The van der Waals surface area contributed by atoms with Crippen molar-refractivity contribution in [1.82, 2.24) is 24.9 Å². The number of carbonyl (C=O) groups is 1. The molecule has 0 spiro atoms. The summed E-state index contributed by atoms with van der Waals surface area (Å²) < 4.78 is 2.20. The van der Waals surface area contributed by atoms with Crippen molar-refractivity contribution in [2.24, 2.45) is 5.92 Å². The minimum Gasteiger partial charge on any atom is -0.343 e. The smallest absolute Gasteiger partial charge is 0.274 e. The molecule has 2 aliphatic carbocycles. The molecule has 3 rings (SSSR count). The van der Waals surface area contributed by atoms with E-state index in [0.717, 1.165) is 57.9 Å². The molecule has 0 aromatic carbocycles. The Morgan fingerprint density at radius 2 is 1.86 bits per heavy atom. The predicted octanol–water partition coefficient (Wildman–Crippen LogP) is 2.95. The van der Waals surface area contributed by atoms with E-state index in [4.69, 9.17) is 5.10 Å². The second-order valence-corrected chi connectivity index (χ2v) is 9.08. The highest BCUT2D eigenvalue weighted by Crippen LogP contribution is 2.29. The predicted molar refractivity (Wildman–Crippen MR) is 118 cm³/mol. The van der Waals surface area contributed by atoms with Crippen LogP contribution in [-0.4, -0.2) is 71.8 Å². The Balaban J connectivity index is 1.71. The number of fused-ring (bicyclic) bond motifs is 1. The molecule has 1 unspecified atom stereocenters. The Labute approximate surface area is 177 Å². The lowest BCUT2D eigenvalue weighted by molar-refractivity contribution is 0.0819. The molecule has 6 heteroatoms. The number of rotatable bonds is 9. The topological polar surface area (TPSA) is 53.4 Å². The van der Waals surface area contributed by atoms with Gasteiger partial charge in [-0.2, -0.15) is 5.10 Å². The van der Waals surface area contributed by atoms with Crippen molar-refractivity contribution in [3.05, 3.63) is 17.0 Å². The Morgan fingerprint density at radius 1 is 1.14 bits per heavy atom. The van der Waals surface area contributed by atoms with Crippen molar-refractivity contribution in [3.63, 3.8) is 0 Å². The van der Waals surface area contributed by atoms with Crippen LogP contribution in [0.25, 0.3) is 0 Å². The molecule has 164 valence electrons. The summed E-state index contributed by atoms with van der Waals surface area (Å²) in [5.74, 6) is 0.771. The first-order chi connectivity index (χ1) is 14.0. The first-order valence-electron chi connectivity index (χ1n) is 11.8. The third-order valence-electron chi connectivity index (χ3n) is 6.87. The van der Waals surface area contributed by atoms with Crippen LogP contribution in [-0.2, 0) is 19.4 Å². The normalized spacial score (nSPS) is 20.1. The zero-order valence-electron chi connectivity index (χ0n) is 19.0. The van der Waals surface area contributed by atoms with Crippen LogP contribution in [0.1, 0.15) is 74.1 Å². The lowest BCUT2D eigenvalue weighted by Crippen LogP contribution is -2.40. The van der Waals surface area contributed by atoms with E-state index >= 15 is 0 Å². The zero-order chi connectivity index (χ0) is 20.8. The number of nitrogens with one attached hydrogen (secondary N) is 1. The summed E-state index contributed by atoms with van der Waals surface area (Å²) >= 11 is 0. The van der Waals surface area contributed by atoms with Crippen LogP contribution in [0.3, 0.4) is 0 Å². The lowest BCUT2D eigenvalue weighted by Gasteiger charge is -2.27. The van der Waals surface area contributed by atoms with Crippen molar-refractivity contribution in [1.29, 1.82) is 0 Å². The van der Waals surface area contributed by atoms with Crippen LogP contribution in [0.5, 0.6) is 0 Å². The Bertz CT molecular complexity index is 658. The fraction of sp³-hybridized carbons (Fsp3) is 0.826. The molecule has 2 aliphatic rings. The average molecular weight is 404 g/mol. The second kappa shape index (κ2) is 10.6. The van der Waals surface area contributed by atoms with Crippen molar-refractivity contribution >= 4 is 5.91 Å². The third-order valence-corrected chi connectivity index (χ3v) is 6.87. The van der Waals surface area contributed by atoms with Gasteiger partial charge >= 0.3 is 0 Å². The summed E-state index contributed by atoms with van der Waals surface area (Å²) in [5.41, 5.74) is 3.21. The minimum absolute atomic E-state index is 0.0486. The molecule has 0 bridgehead atoms. The molecule has 0 saturated heterocycles. The highest BCUT2D eigenvalue weighted by atomic mass is 16.2. The number of carbonyl (C=O) groups excluding carboxylic acids is 1. The SMILES string of the molecule is CCN(CC)CCNC1CCc2c(c(C(=O)N(C)C)nn2CC2CCCCC2)C1. The van der Waals surface area contributed by atoms with E-state index < -0.39 is 0 Å². The van der Waals surface area contributed by atoms with Crippen molar-refractivity contribution in [3.8, 4) is 0 Å². The van der Waals surface area contributed by atoms with Gasteiger partial charge in [0.15, 0.2) is 5.69 Å². The van der Waals surface area contributed by atoms with Gasteiger partial charge < -0.3 is 15.1 Å². The number of amides is 1. The van der Waals surface area contributed by atoms with Crippen LogP contribution >= 0.6 is 0 Å². The van der Waals surface area contributed by atoms with E-state index in [9.17, 15) is 4.79 Å². The van der Waals surface area contributed by atoms with Crippen LogP contribution in [0.4, 0.5) is 0 Å². The fourth-order valence-corrected chi connectivity index (χ4v) is 4.98. The molecule has 6 nitrogen and oxygen atoms in total. The molecule has 1 amide bonds. The largest absolute Gasteiger partial charge is 0.343 e. The van der Waals surface area contributed by atoms with E-state index in [1.54, 1.807) is 4.90 Å². The van der Waals surface area contributed by atoms with E-state index in [0.29, 0.717) is 11.7 Å². The molecule has 29 heavy (non-hydrogen) atoms. The maximum atomic E-state index is 12.8. The number of nitrogens with zero attached hydrogens (tertiary/aromatic N) is 4. The van der Waals surface area contributed by atoms with E-state index in [1.165, 1.54) is 43.4 Å². The van der Waals surface area contributed by atoms with Crippen LogP contribution in [0.15, 0.2) is 0 Å². The van der Waals surface area contributed by atoms with Crippen LogP contribution < -0.4 is 5.32 Å². The Morgan fingerprint density at radius 3 is 2.52 bits per heavy atom. The highest BCUT2D eigenvalue weighted by Gasteiger charge is 2.30. The van der Waals surface area contributed by atoms with Gasteiger partial charge in [-0.15, -0.1) is 0 Å². The summed E-state index contributed by atoms with van der Waals surface area (Å²) in [6.07, 6.45) is 9.76. The first kappa shape index (κ1) is 22.3. The summed E-state index contributed by atoms with van der Waals surface area (Å²) in [6, 6.07) is 0.444. The Hall–Kier alpha value is -1.40.